The van der Waals surface area contributed by atoms with Gasteiger partial charge >= 0.3 is 0 Å². The molecule has 1 rings (SSSR count). The molecule has 6 heteroatoms. The molecule has 1 atom stereocenters. The first-order valence-electron chi connectivity index (χ1n) is 6.18. The van der Waals surface area contributed by atoms with Gasteiger partial charge in [-0.2, -0.15) is 0 Å². The van der Waals surface area contributed by atoms with E-state index in [2.05, 4.69) is 4.72 Å². The molecular weight excluding hydrogens is 266 g/mol. The molecule has 2 N–H and O–H groups in total. The molecule has 0 aliphatic carbocycles. The van der Waals surface area contributed by atoms with Crippen molar-refractivity contribution in [3.8, 4) is 5.75 Å². The number of sulfonamides is 1. The van der Waals surface area contributed by atoms with E-state index in [9.17, 15) is 8.42 Å². The van der Waals surface area contributed by atoms with Crippen LogP contribution in [0.5, 0.6) is 5.75 Å². The molecule has 0 heterocycles. The van der Waals surface area contributed by atoms with Gasteiger partial charge in [0, 0.05) is 18.7 Å². The van der Waals surface area contributed by atoms with Crippen molar-refractivity contribution in [1.29, 1.82) is 0 Å². The summed E-state index contributed by atoms with van der Waals surface area (Å²) < 4.78 is 32.1. The first-order chi connectivity index (χ1) is 8.90. The van der Waals surface area contributed by atoms with Crippen LogP contribution in [-0.4, -0.2) is 33.3 Å². The highest BCUT2D eigenvalue weighted by Gasteiger charge is 2.22. The Morgan fingerprint density at radius 2 is 2.05 bits per heavy atom. The molecule has 108 valence electrons. The van der Waals surface area contributed by atoms with Gasteiger partial charge in [-0.05, 0) is 24.5 Å². The molecule has 0 aliphatic heterocycles. The minimum atomic E-state index is -3.60. The Morgan fingerprint density at radius 3 is 2.58 bits per heavy atom. The van der Waals surface area contributed by atoms with E-state index in [0.29, 0.717) is 12.2 Å². The van der Waals surface area contributed by atoms with E-state index in [-0.39, 0.29) is 23.5 Å². The van der Waals surface area contributed by atoms with Crippen LogP contribution in [-0.2, 0) is 10.0 Å². The fraction of sp³-hybridized carbons (Fsp3) is 0.538. The van der Waals surface area contributed by atoms with Gasteiger partial charge in [0.2, 0.25) is 10.0 Å². The van der Waals surface area contributed by atoms with E-state index < -0.39 is 10.0 Å². The fourth-order valence-electron chi connectivity index (χ4n) is 1.70. The molecule has 0 amide bonds. The van der Waals surface area contributed by atoms with E-state index in [1.807, 2.05) is 13.8 Å². The largest absolute Gasteiger partial charge is 0.497 e. The highest BCUT2D eigenvalue weighted by atomic mass is 32.2. The Hall–Kier alpha value is -1.11. The van der Waals surface area contributed by atoms with Crippen molar-refractivity contribution in [2.75, 3.05) is 13.7 Å². The van der Waals surface area contributed by atoms with Crippen LogP contribution in [0.25, 0.3) is 0 Å². The third kappa shape index (κ3) is 4.49. The lowest BCUT2D eigenvalue weighted by Gasteiger charge is -2.21. The first kappa shape index (κ1) is 15.9. The monoisotopic (exact) mass is 287 g/mol. The third-order valence-corrected chi connectivity index (χ3v) is 4.39. The Morgan fingerprint density at radius 1 is 1.37 bits per heavy atom. The van der Waals surface area contributed by atoms with Gasteiger partial charge in [-0.1, -0.05) is 19.9 Å². The second-order valence-corrected chi connectivity index (χ2v) is 6.38. The maximum Gasteiger partial charge on any atom is 0.240 e. The van der Waals surface area contributed by atoms with Gasteiger partial charge in [-0.3, -0.25) is 0 Å². The van der Waals surface area contributed by atoms with Crippen LogP contribution < -0.4 is 9.46 Å². The summed E-state index contributed by atoms with van der Waals surface area (Å²) in [6, 6.07) is 6.01. The average Bonchev–Trinajstić information content (AvgIpc) is 2.38. The fourth-order valence-corrected chi connectivity index (χ4v) is 3.16. The first-order valence-corrected chi connectivity index (χ1v) is 7.66. The van der Waals surface area contributed by atoms with E-state index in [1.165, 1.54) is 19.2 Å². The number of benzene rings is 1. The molecule has 0 saturated heterocycles. The average molecular weight is 287 g/mol. The number of ether oxygens (including phenoxy) is 1. The van der Waals surface area contributed by atoms with Gasteiger partial charge in [0.25, 0.3) is 0 Å². The lowest BCUT2D eigenvalue weighted by molar-refractivity contribution is 0.256. The Bertz CT molecular complexity index is 499. The van der Waals surface area contributed by atoms with Crippen molar-refractivity contribution in [2.45, 2.75) is 31.2 Å². The van der Waals surface area contributed by atoms with Crippen LogP contribution in [0.2, 0.25) is 0 Å². The zero-order valence-electron chi connectivity index (χ0n) is 11.5. The molecule has 0 aromatic heterocycles. The lowest BCUT2D eigenvalue weighted by Crippen LogP contribution is -2.39. The summed E-state index contributed by atoms with van der Waals surface area (Å²) in [6.45, 7) is 3.77. The van der Waals surface area contributed by atoms with Gasteiger partial charge in [0.1, 0.15) is 5.75 Å². The number of aliphatic hydroxyl groups is 1. The van der Waals surface area contributed by atoms with Gasteiger partial charge < -0.3 is 9.84 Å². The van der Waals surface area contributed by atoms with Crippen molar-refractivity contribution in [2.24, 2.45) is 5.92 Å². The molecule has 0 saturated carbocycles. The molecule has 1 aromatic carbocycles. The molecule has 1 unspecified atom stereocenters. The smallest absolute Gasteiger partial charge is 0.240 e. The molecular formula is C13H21NO4S. The van der Waals surface area contributed by atoms with Crippen LogP contribution in [0.3, 0.4) is 0 Å². The zero-order valence-corrected chi connectivity index (χ0v) is 12.3. The van der Waals surface area contributed by atoms with Crippen LogP contribution in [0, 0.1) is 5.92 Å². The third-order valence-electron chi connectivity index (χ3n) is 2.90. The highest BCUT2D eigenvalue weighted by Crippen LogP contribution is 2.18. The van der Waals surface area contributed by atoms with Crippen LogP contribution in [0.1, 0.15) is 20.3 Å². The standard InChI is InChI=1S/C13H21NO4S/c1-10(2)13(7-8-15)14-19(16,17)12-6-4-5-11(9-12)18-3/h4-6,9-10,13-15H,7-8H2,1-3H3. The Labute approximate surface area is 114 Å². The summed E-state index contributed by atoms with van der Waals surface area (Å²) in [5.41, 5.74) is 0. The SMILES string of the molecule is COc1cccc(S(=O)(=O)NC(CCO)C(C)C)c1. The molecule has 0 bridgehead atoms. The number of hydrogen-bond acceptors (Lipinski definition) is 4. The number of hydrogen-bond donors (Lipinski definition) is 2. The van der Waals surface area contributed by atoms with Crippen molar-refractivity contribution < 1.29 is 18.3 Å². The summed E-state index contributed by atoms with van der Waals surface area (Å²) in [6.07, 6.45) is 0.390. The van der Waals surface area contributed by atoms with Crippen molar-refractivity contribution in [3.63, 3.8) is 0 Å². The lowest BCUT2D eigenvalue weighted by atomic mass is 10.0. The molecule has 1 aromatic rings. The van der Waals surface area contributed by atoms with Gasteiger partial charge in [-0.25, -0.2) is 13.1 Å². The van der Waals surface area contributed by atoms with Crippen LogP contribution >= 0.6 is 0 Å². The minimum absolute atomic E-state index is 0.0521. The number of rotatable bonds is 7. The summed E-state index contributed by atoms with van der Waals surface area (Å²) >= 11 is 0. The van der Waals surface area contributed by atoms with Gasteiger partial charge in [-0.15, -0.1) is 0 Å². The Kier molecular flexibility index (Phi) is 5.78. The number of aliphatic hydroxyl groups excluding tert-OH is 1. The maximum atomic E-state index is 12.2. The molecule has 0 spiro atoms. The summed E-state index contributed by atoms with van der Waals surface area (Å²) in [5.74, 6) is 0.596. The van der Waals surface area contributed by atoms with Gasteiger partial charge in [0.15, 0.2) is 0 Å². The van der Waals surface area contributed by atoms with E-state index in [1.54, 1.807) is 12.1 Å². The minimum Gasteiger partial charge on any atom is -0.497 e. The van der Waals surface area contributed by atoms with E-state index in [0.717, 1.165) is 0 Å². The molecule has 0 radical (unpaired) electrons. The number of nitrogens with one attached hydrogen (secondary N) is 1. The summed E-state index contributed by atoms with van der Waals surface area (Å²) in [7, 11) is -2.11. The second kappa shape index (κ2) is 6.88. The number of methoxy groups -OCH3 is 1. The van der Waals surface area contributed by atoms with Crippen molar-refractivity contribution >= 4 is 10.0 Å². The normalized spacial score (nSPS) is 13.5. The quantitative estimate of drug-likeness (QED) is 0.794. The molecule has 19 heavy (non-hydrogen) atoms. The van der Waals surface area contributed by atoms with Crippen molar-refractivity contribution in [3.05, 3.63) is 24.3 Å². The molecule has 0 fully saturated rings. The Balaban J connectivity index is 2.96. The topological polar surface area (TPSA) is 75.6 Å². The predicted molar refractivity (Wildman–Crippen MR) is 73.6 cm³/mol. The summed E-state index contributed by atoms with van der Waals surface area (Å²) in [4.78, 5) is 0.162. The molecule has 5 nitrogen and oxygen atoms in total. The van der Waals surface area contributed by atoms with Crippen molar-refractivity contribution in [1.82, 2.24) is 4.72 Å². The zero-order chi connectivity index (χ0) is 14.5. The summed E-state index contributed by atoms with van der Waals surface area (Å²) in [5, 5.41) is 8.98. The highest BCUT2D eigenvalue weighted by molar-refractivity contribution is 7.89. The van der Waals surface area contributed by atoms with E-state index >= 15 is 0 Å². The molecule has 0 aliphatic rings. The van der Waals surface area contributed by atoms with E-state index in [4.69, 9.17) is 9.84 Å². The predicted octanol–water partition coefficient (Wildman–Crippen LogP) is 1.38. The van der Waals surface area contributed by atoms with Crippen LogP contribution in [0.15, 0.2) is 29.2 Å². The maximum absolute atomic E-state index is 12.2. The second-order valence-electron chi connectivity index (χ2n) is 4.66. The van der Waals surface area contributed by atoms with Gasteiger partial charge in [0.05, 0.1) is 12.0 Å². The van der Waals surface area contributed by atoms with Crippen LogP contribution in [0.4, 0.5) is 0 Å².